The quantitative estimate of drug-likeness (QED) is 0.422. The van der Waals surface area contributed by atoms with Crippen LogP contribution in [0.2, 0.25) is 0 Å². The summed E-state index contributed by atoms with van der Waals surface area (Å²) in [5, 5.41) is 1.88. The van der Waals surface area contributed by atoms with E-state index in [0.29, 0.717) is 5.56 Å². The zero-order valence-corrected chi connectivity index (χ0v) is 9.02. The third kappa shape index (κ3) is 3.18. The van der Waals surface area contributed by atoms with Gasteiger partial charge >= 0.3 is 11.9 Å². The molecule has 17 heavy (non-hydrogen) atoms. The number of carbonyl (C=O) groups is 3. The second-order valence-electron chi connectivity index (χ2n) is 3.00. The van der Waals surface area contributed by atoms with Gasteiger partial charge in [-0.1, -0.05) is 12.0 Å². The summed E-state index contributed by atoms with van der Waals surface area (Å²) < 4.78 is 4.16. The summed E-state index contributed by atoms with van der Waals surface area (Å²) in [5.74, 6) is -0.612. The zero-order chi connectivity index (χ0) is 12.8. The first-order valence-corrected chi connectivity index (χ1v) is 4.58. The monoisotopic (exact) mass is 231 g/mol. The van der Waals surface area contributed by atoms with Crippen molar-refractivity contribution in [2.45, 2.75) is 0 Å². The van der Waals surface area contributed by atoms with Crippen LogP contribution in [0.4, 0.5) is 0 Å². The number of nitrogens with one attached hydrogen (secondary N) is 1. The van der Waals surface area contributed by atoms with Crippen molar-refractivity contribution in [1.29, 1.82) is 0 Å². The Hall–Kier alpha value is -2.61. The van der Waals surface area contributed by atoms with Crippen LogP contribution in [0.3, 0.4) is 0 Å². The number of terminal acetylenes is 1. The number of hydrogen-bond donors (Lipinski definition) is 1. The van der Waals surface area contributed by atoms with Gasteiger partial charge in [0.05, 0.1) is 7.11 Å². The lowest BCUT2D eigenvalue weighted by molar-refractivity contribution is -0.152. The number of methoxy groups -OCH3 is 1. The van der Waals surface area contributed by atoms with E-state index in [1.54, 1.807) is 12.1 Å². The summed E-state index contributed by atoms with van der Waals surface area (Å²) in [5.41, 5.74) is 0.695. The van der Waals surface area contributed by atoms with Crippen molar-refractivity contribution in [1.82, 2.24) is 5.32 Å². The fraction of sp³-hybridized carbons (Fsp3) is 0.0833. The Balaban J connectivity index is 2.80. The van der Waals surface area contributed by atoms with Gasteiger partial charge < -0.3 is 4.74 Å². The van der Waals surface area contributed by atoms with Crippen LogP contribution in [0.1, 0.15) is 15.9 Å². The fourth-order valence-electron chi connectivity index (χ4n) is 1.07. The number of esters is 1. The average molecular weight is 231 g/mol. The third-order valence-corrected chi connectivity index (χ3v) is 1.89. The minimum Gasteiger partial charge on any atom is -0.462 e. The number of carbonyl (C=O) groups excluding carboxylic acids is 3. The van der Waals surface area contributed by atoms with Gasteiger partial charge in [0.15, 0.2) is 0 Å². The molecule has 2 amide bonds. The molecule has 0 spiro atoms. The highest BCUT2D eigenvalue weighted by atomic mass is 16.5. The molecule has 0 atom stereocenters. The van der Waals surface area contributed by atoms with Gasteiger partial charge in [0.2, 0.25) is 0 Å². The van der Waals surface area contributed by atoms with Crippen LogP contribution in [0.15, 0.2) is 24.3 Å². The second kappa shape index (κ2) is 5.47. The van der Waals surface area contributed by atoms with Crippen LogP contribution >= 0.6 is 0 Å². The first kappa shape index (κ1) is 12.5. The van der Waals surface area contributed by atoms with Gasteiger partial charge in [0.1, 0.15) is 0 Å². The molecule has 0 aliphatic rings. The molecule has 0 saturated carbocycles. The smallest absolute Gasteiger partial charge is 0.396 e. The summed E-state index contributed by atoms with van der Waals surface area (Å²) in [7, 11) is 1.05. The van der Waals surface area contributed by atoms with E-state index >= 15 is 0 Å². The molecule has 0 heterocycles. The first-order chi connectivity index (χ1) is 8.08. The maximum atomic E-state index is 11.5. The maximum Gasteiger partial charge on any atom is 0.396 e. The normalized spacial score (nSPS) is 8.94. The van der Waals surface area contributed by atoms with Crippen molar-refractivity contribution in [2.24, 2.45) is 0 Å². The standard InChI is InChI=1S/C12H9NO4/c1-3-8-5-4-6-9(7-8)10(14)13-11(15)12(16)17-2/h1,4-7H,2H3,(H,13,14,15). The summed E-state index contributed by atoms with van der Waals surface area (Å²) >= 11 is 0. The Bertz CT molecular complexity index is 513. The molecule has 86 valence electrons. The molecule has 1 aromatic rings. The highest BCUT2D eigenvalue weighted by molar-refractivity contribution is 6.36. The third-order valence-electron chi connectivity index (χ3n) is 1.89. The molecule has 5 heteroatoms. The topological polar surface area (TPSA) is 72.5 Å². The molecule has 0 saturated heterocycles. The molecule has 1 rings (SSSR count). The number of imide groups is 1. The van der Waals surface area contributed by atoms with Crippen LogP contribution in [-0.2, 0) is 14.3 Å². The van der Waals surface area contributed by atoms with Gasteiger partial charge in [-0.15, -0.1) is 6.42 Å². The molecular weight excluding hydrogens is 222 g/mol. The Morgan fingerprint density at radius 3 is 2.65 bits per heavy atom. The van der Waals surface area contributed by atoms with Crippen molar-refractivity contribution in [3.63, 3.8) is 0 Å². The van der Waals surface area contributed by atoms with Gasteiger partial charge in [-0.2, -0.15) is 0 Å². The van der Waals surface area contributed by atoms with Gasteiger partial charge in [0.25, 0.3) is 5.91 Å². The van der Waals surface area contributed by atoms with E-state index in [4.69, 9.17) is 6.42 Å². The number of amides is 2. The Kier molecular flexibility index (Phi) is 4.01. The highest BCUT2D eigenvalue weighted by Gasteiger charge is 2.17. The minimum atomic E-state index is -1.13. The van der Waals surface area contributed by atoms with E-state index in [0.717, 1.165) is 7.11 Å². The van der Waals surface area contributed by atoms with Crippen LogP contribution in [0, 0.1) is 12.3 Å². The summed E-state index contributed by atoms with van der Waals surface area (Å²) in [4.78, 5) is 33.4. The number of benzene rings is 1. The second-order valence-corrected chi connectivity index (χ2v) is 3.00. The molecule has 0 unspecified atom stereocenters. The summed E-state index contributed by atoms with van der Waals surface area (Å²) in [6, 6.07) is 6.12. The molecular formula is C12H9NO4. The van der Waals surface area contributed by atoms with E-state index in [1.165, 1.54) is 12.1 Å². The predicted molar refractivity (Wildman–Crippen MR) is 58.9 cm³/mol. The van der Waals surface area contributed by atoms with E-state index in [2.05, 4.69) is 10.7 Å². The molecule has 0 aliphatic carbocycles. The number of rotatable bonds is 1. The number of hydrogen-bond acceptors (Lipinski definition) is 4. The van der Waals surface area contributed by atoms with Crippen molar-refractivity contribution in [3.8, 4) is 12.3 Å². The fourth-order valence-corrected chi connectivity index (χ4v) is 1.07. The molecule has 1 aromatic carbocycles. The molecule has 0 aromatic heterocycles. The molecule has 0 radical (unpaired) electrons. The minimum absolute atomic E-state index is 0.192. The molecule has 0 aliphatic heterocycles. The van der Waals surface area contributed by atoms with Crippen LogP contribution in [0.5, 0.6) is 0 Å². The number of ether oxygens (including phenoxy) is 1. The SMILES string of the molecule is C#Cc1cccc(C(=O)NC(=O)C(=O)OC)c1. The van der Waals surface area contributed by atoms with Crippen molar-refractivity contribution in [3.05, 3.63) is 35.4 Å². The van der Waals surface area contributed by atoms with Gasteiger partial charge in [-0.05, 0) is 18.2 Å². The Morgan fingerprint density at radius 1 is 1.35 bits per heavy atom. The Labute approximate surface area is 97.8 Å². The van der Waals surface area contributed by atoms with Crippen LogP contribution < -0.4 is 5.32 Å². The molecule has 0 fully saturated rings. The summed E-state index contributed by atoms with van der Waals surface area (Å²) in [6.07, 6.45) is 5.17. The van der Waals surface area contributed by atoms with E-state index in [1.807, 2.05) is 5.32 Å². The van der Waals surface area contributed by atoms with Crippen LogP contribution in [0.25, 0.3) is 0 Å². The van der Waals surface area contributed by atoms with E-state index in [9.17, 15) is 14.4 Å². The first-order valence-electron chi connectivity index (χ1n) is 4.58. The van der Waals surface area contributed by atoms with Crippen molar-refractivity contribution < 1.29 is 19.1 Å². The van der Waals surface area contributed by atoms with E-state index < -0.39 is 17.8 Å². The average Bonchev–Trinajstić information content (AvgIpc) is 2.37. The summed E-state index contributed by atoms with van der Waals surface area (Å²) in [6.45, 7) is 0. The van der Waals surface area contributed by atoms with Crippen molar-refractivity contribution in [2.75, 3.05) is 7.11 Å². The van der Waals surface area contributed by atoms with E-state index in [-0.39, 0.29) is 5.56 Å². The van der Waals surface area contributed by atoms with Gasteiger partial charge in [-0.25, -0.2) is 4.79 Å². The molecule has 5 nitrogen and oxygen atoms in total. The molecule has 0 bridgehead atoms. The van der Waals surface area contributed by atoms with Crippen molar-refractivity contribution >= 4 is 17.8 Å². The predicted octanol–water partition coefficient (Wildman–Crippen LogP) is 0.0973. The zero-order valence-electron chi connectivity index (χ0n) is 9.02. The lowest BCUT2D eigenvalue weighted by Gasteiger charge is -2.02. The van der Waals surface area contributed by atoms with Gasteiger partial charge in [0, 0.05) is 11.1 Å². The largest absolute Gasteiger partial charge is 0.462 e. The van der Waals surface area contributed by atoms with Gasteiger partial charge in [-0.3, -0.25) is 14.9 Å². The maximum absolute atomic E-state index is 11.5. The lowest BCUT2D eigenvalue weighted by Crippen LogP contribution is -2.36. The lowest BCUT2D eigenvalue weighted by atomic mass is 10.1. The van der Waals surface area contributed by atoms with Crippen LogP contribution in [-0.4, -0.2) is 24.9 Å². The highest BCUT2D eigenvalue weighted by Crippen LogP contribution is 2.03. The molecule has 1 N–H and O–H groups in total. The Morgan fingerprint density at radius 2 is 2.06 bits per heavy atom.